The topological polar surface area (TPSA) is 17.3 Å². The zero-order chi connectivity index (χ0) is 15.9. The second-order valence-electron chi connectivity index (χ2n) is 5.26. The Bertz CT molecular complexity index is 855. The molecule has 4 heteroatoms. The fraction of sp³-hybridized carbons (Fsp3) is 0.167. The number of hydrogen-bond donors (Lipinski definition) is 0. The summed E-state index contributed by atoms with van der Waals surface area (Å²) >= 11 is 0. The number of aromatic nitrogens is 2. The number of nitrogens with zero attached hydrogens (tertiary/aromatic N) is 2. The molecule has 0 bridgehead atoms. The van der Waals surface area contributed by atoms with Crippen molar-refractivity contribution in [3.63, 3.8) is 0 Å². The van der Waals surface area contributed by atoms with Gasteiger partial charge in [0.2, 0.25) is 0 Å². The van der Waals surface area contributed by atoms with Crippen molar-refractivity contribution in [3.05, 3.63) is 65.5 Å². The molecule has 2 heterocycles. The van der Waals surface area contributed by atoms with Crippen LogP contribution in [0.5, 0.6) is 0 Å². The molecule has 0 fully saturated rings. The van der Waals surface area contributed by atoms with E-state index in [0.29, 0.717) is 23.3 Å². The summed E-state index contributed by atoms with van der Waals surface area (Å²) < 4.78 is 30.6. The summed E-state index contributed by atoms with van der Waals surface area (Å²) in [6.07, 6.45) is 3.93. The molecule has 0 saturated heterocycles. The van der Waals surface area contributed by atoms with Gasteiger partial charge in [-0.3, -0.25) is 0 Å². The Morgan fingerprint density at radius 2 is 1.91 bits per heavy atom. The van der Waals surface area contributed by atoms with Gasteiger partial charge in [0.1, 0.15) is 17.3 Å². The normalized spacial score (nSPS) is 11.1. The first-order valence-corrected chi connectivity index (χ1v) is 7.14. The van der Waals surface area contributed by atoms with Gasteiger partial charge in [0.25, 0.3) is 0 Å². The van der Waals surface area contributed by atoms with Gasteiger partial charge in [-0.15, -0.1) is 0 Å². The molecule has 2 nitrogen and oxygen atoms in total. The molecule has 112 valence electrons. The lowest BCUT2D eigenvalue weighted by molar-refractivity contribution is 0.588. The van der Waals surface area contributed by atoms with Gasteiger partial charge >= 0.3 is 0 Å². The van der Waals surface area contributed by atoms with Crippen LogP contribution in [-0.2, 0) is 6.42 Å². The lowest BCUT2D eigenvalue weighted by Gasteiger charge is -2.06. The van der Waals surface area contributed by atoms with Crippen molar-refractivity contribution >= 4 is 11.7 Å². The molecule has 3 aromatic rings. The minimum absolute atomic E-state index is 0.0798. The fourth-order valence-corrected chi connectivity index (χ4v) is 2.67. The van der Waals surface area contributed by atoms with Crippen LogP contribution in [0.3, 0.4) is 0 Å². The Kier molecular flexibility index (Phi) is 3.53. The molecule has 0 amide bonds. The standard InChI is InChI=1S/C18H16F2N2/c1-4-12-9-13(19)17(14(20)10-12)18-15(5-2)22-7-6-11(3)8-16(22)21-18/h4,6-10H,1,5H2,2-3H3. The van der Waals surface area contributed by atoms with E-state index in [1.54, 1.807) is 0 Å². The van der Waals surface area contributed by atoms with E-state index in [9.17, 15) is 8.78 Å². The van der Waals surface area contributed by atoms with Crippen LogP contribution in [0.15, 0.2) is 37.0 Å². The fourth-order valence-electron chi connectivity index (χ4n) is 2.67. The maximum atomic E-state index is 14.4. The highest BCUT2D eigenvalue weighted by atomic mass is 19.1. The predicted octanol–water partition coefficient (Wildman–Crippen LogP) is 4.79. The third-order valence-electron chi connectivity index (χ3n) is 3.75. The number of rotatable bonds is 3. The molecule has 0 aliphatic rings. The minimum Gasteiger partial charge on any atom is -0.303 e. The molecular weight excluding hydrogens is 282 g/mol. The van der Waals surface area contributed by atoms with Crippen molar-refractivity contribution in [2.24, 2.45) is 0 Å². The van der Waals surface area contributed by atoms with Crippen LogP contribution in [0.2, 0.25) is 0 Å². The number of imidazole rings is 1. The van der Waals surface area contributed by atoms with Crippen LogP contribution < -0.4 is 0 Å². The van der Waals surface area contributed by atoms with E-state index in [2.05, 4.69) is 11.6 Å². The Labute approximate surface area is 127 Å². The van der Waals surface area contributed by atoms with Gasteiger partial charge in [0.05, 0.1) is 17.0 Å². The van der Waals surface area contributed by atoms with Crippen LogP contribution in [-0.4, -0.2) is 9.38 Å². The smallest absolute Gasteiger partial charge is 0.137 e. The van der Waals surface area contributed by atoms with Gasteiger partial charge < -0.3 is 4.40 Å². The second kappa shape index (κ2) is 5.37. The summed E-state index contributed by atoms with van der Waals surface area (Å²) in [5.74, 6) is -1.24. The van der Waals surface area contributed by atoms with E-state index in [1.165, 1.54) is 18.2 Å². The summed E-state index contributed by atoms with van der Waals surface area (Å²) in [6, 6.07) is 6.40. The molecule has 0 radical (unpaired) electrons. The van der Waals surface area contributed by atoms with E-state index < -0.39 is 11.6 Å². The molecule has 0 spiro atoms. The maximum absolute atomic E-state index is 14.4. The lowest BCUT2D eigenvalue weighted by atomic mass is 10.0. The molecule has 0 unspecified atom stereocenters. The highest BCUT2D eigenvalue weighted by Crippen LogP contribution is 2.31. The second-order valence-corrected chi connectivity index (χ2v) is 5.26. The van der Waals surface area contributed by atoms with E-state index >= 15 is 0 Å². The molecule has 22 heavy (non-hydrogen) atoms. The van der Waals surface area contributed by atoms with Crippen molar-refractivity contribution in [2.45, 2.75) is 20.3 Å². The summed E-state index contributed by atoms with van der Waals surface area (Å²) in [7, 11) is 0. The average Bonchev–Trinajstić information content (AvgIpc) is 2.83. The van der Waals surface area contributed by atoms with Crippen molar-refractivity contribution < 1.29 is 8.78 Å². The van der Waals surface area contributed by atoms with Crippen LogP contribution in [0.25, 0.3) is 23.0 Å². The number of halogens is 2. The van der Waals surface area contributed by atoms with Crippen molar-refractivity contribution in [2.75, 3.05) is 0 Å². The molecule has 0 saturated carbocycles. The summed E-state index contributed by atoms with van der Waals surface area (Å²) in [4.78, 5) is 4.45. The van der Waals surface area contributed by atoms with Crippen molar-refractivity contribution in [1.29, 1.82) is 0 Å². The molecule has 3 rings (SSSR count). The number of pyridine rings is 1. The molecule has 0 aliphatic carbocycles. The van der Waals surface area contributed by atoms with E-state index in [1.807, 2.05) is 36.6 Å². The molecule has 0 N–H and O–H groups in total. The highest BCUT2D eigenvalue weighted by Gasteiger charge is 2.20. The van der Waals surface area contributed by atoms with E-state index in [4.69, 9.17) is 0 Å². The van der Waals surface area contributed by atoms with Gasteiger partial charge in [-0.25, -0.2) is 13.8 Å². The Hall–Kier alpha value is -2.49. The Balaban J connectivity index is 2.33. The van der Waals surface area contributed by atoms with Crippen LogP contribution in [0.4, 0.5) is 8.78 Å². The monoisotopic (exact) mass is 298 g/mol. The highest BCUT2D eigenvalue weighted by molar-refractivity contribution is 5.69. The first kappa shape index (κ1) is 14.4. The van der Waals surface area contributed by atoms with Crippen LogP contribution in [0.1, 0.15) is 23.7 Å². The summed E-state index contributed by atoms with van der Waals surface area (Å²) in [5, 5.41) is 0. The average molecular weight is 298 g/mol. The van der Waals surface area contributed by atoms with E-state index in [0.717, 1.165) is 11.3 Å². The number of aryl methyl sites for hydroxylation is 2. The quantitative estimate of drug-likeness (QED) is 0.679. The summed E-state index contributed by atoms with van der Waals surface area (Å²) in [5.41, 5.74) is 3.23. The molecule has 0 atom stereocenters. The van der Waals surface area contributed by atoms with Gasteiger partial charge in [0, 0.05) is 6.20 Å². The van der Waals surface area contributed by atoms with Crippen LogP contribution in [0, 0.1) is 18.6 Å². The Morgan fingerprint density at radius 3 is 2.50 bits per heavy atom. The maximum Gasteiger partial charge on any atom is 0.137 e. The largest absolute Gasteiger partial charge is 0.303 e. The van der Waals surface area contributed by atoms with Gasteiger partial charge in [0.15, 0.2) is 0 Å². The SMILES string of the molecule is C=Cc1cc(F)c(-c2nc3cc(C)ccn3c2CC)c(F)c1. The van der Waals surface area contributed by atoms with Crippen molar-refractivity contribution in [1.82, 2.24) is 9.38 Å². The third-order valence-corrected chi connectivity index (χ3v) is 3.75. The number of fused-ring (bicyclic) bond motifs is 1. The molecular formula is C18H16F2N2. The zero-order valence-electron chi connectivity index (χ0n) is 12.5. The molecule has 1 aromatic carbocycles. The van der Waals surface area contributed by atoms with Gasteiger partial charge in [-0.2, -0.15) is 0 Å². The van der Waals surface area contributed by atoms with Gasteiger partial charge in [-0.05, 0) is 48.7 Å². The third kappa shape index (κ3) is 2.21. The van der Waals surface area contributed by atoms with Crippen LogP contribution >= 0.6 is 0 Å². The van der Waals surface area contributed by atoms with E-state index in [-0.39, 0.29) is 5.56 Å². The predicted molar refractivity (Wildman–Crippen MR) is 84.8 cm³/mol. The molecule has 2 aromatic heterocycles. The zero-order valence-corrected chi connectivity index (χ0v) is 12.5. The first-order valence-electron chi connectivity index (χ1n) is 7.14. The number of benzene rings is 1. The lowest BCUT2D eigenvalue weighted by Crippen LogP contribution is -1.97. The van der Waals surface area contributed by atoms with Crippen molar-refractivity contribution in [3.8, 4) is 11.3 Å². The minimum atomic E-state index is -0.621. The first-order chi connectivity index (χ1) is 10.5. The van der Waals surface area contributed by atoms with Gasteiger partial charge in [-0.1, -0.05) is 19.6 Å². The Morgan fingerprint density at radius 1 is 1.23 bits per heavy atom. The molecule has 0 aliphatic heterocycles. The number of hydrogen-bond acceptors (Lipinski definition) is 1. The summed E-state index contributed by atoms with van der Waals surface area (Å²) in [6.45, 7) is 7.44.